The topological polar surface area (TPSA) is 88.6 Å². The van der Waals surface area contributed by atoms with Crippen molar-refractivity contribution < 1.29 is 14.2 Å². The van der Waals surface area contributed by atoms with Crippen molar-refractivity contribution in [2.75, 3.05) is 26.6 Å². The number of nitrogens with zero attached hydrogens (tertiary/aromatic N) is 2. The largest absolute Gasteiger partial charge is 0.383 e. The van der Waals surface area contributed by atoms with Gasteiger partial charge in [0.05, 0.1) is 12.7 Å². The first-order chi connectivity index (χ1) is 9.06. The number of nitrogens with two attached hydrogens (primary N) is 1. The lowest BCUT2D eigenvalue weighted by Crippen LogP contribution is -2.29. The van der Waals surface area contributed by atoms with Gasteiger partial charge in [-0.15, -0.1) is 0 Å². The molecule has 3 atom stereocenters. The molecule has 7 heteroatoms. The molecule has 0 aromatic carbocycles. The molecule has 7 nitrogen and oxygen atoms in total. The van der Waals surface area contributed by atoms with Crippen molar-refractivity contribution in [3.05, 3.63) is 22.2 Å². The molecule has 106 valence electrons. The number of ether oxygens (including phenoxy) is 3. The molecule has 0 aliphatic carbocycles. The molecule has 19 heavy (non-hydrogen) atoms. The second-order valence-corrected chi connectivity index (χ2v) is 4.59. The molecule has 1 fully saturated rings. The summed E-state index contributed by atoms with van der Waals surface area (Å²) >= 11 is 0. The van der Waals surface area contributed by atoms with Crippen LogP contribution in [-0.4, -0.2) is 42.6 Å². The number of nitrogen functional groups attached to an aromatic ring is 1. The Labute approximate surface area is 111 Å². The molecule has 0 radical (unpaired) electrons. The molecule has 1 aliphatic rings. The van der Waals surface area contributed by atoms with Crippen LogP contribution in [-0.2, 0) is 14.2 Å². The van der Waals surface area contributed by atoms with Crippen molar-refractivity contribution in [2.45, 2.75) is 31.8 Å². The zero-order valence-corrected chi connectivity index (χ0v) is 11.3. The number of hydrogen-bond donors (Lipinski definition) is 1. The van der Waals surface area contributed by atoms with Crippen LogP contribution in [0.25, 0.3) is 0 Å². The summed E-state index contributed by atoms with van der Waals surface area (Å²) < 4.78 is 17.7. The summed E-state index contributed by atoms with van der Waals surface area (Å²) in [4.78, 5) is 15.6. The molecule has 0 unspecified atom stereocenters. The number of hydrogen-bond acceptors (Lipinski definition) is 6. The molecule has 0 spiro atoms. The van der Waals surface area contributed by atoms with E-state index >= 15 is 0 Å². The summed E-state index contributed by atoms with van der Waals surface area (Å²) in [5, 5.41) is 0. The molecule has 2 heterocycles. The fraction of sp³-hybridized carbons (Fsp3) is 0.667. The molecule has 2 N–H and O–H groups in total. The summed E-state index contributed by atoms with van der Waals surface area (Å²) in [6.45, 7) is 2.22. The van der Waals surface area contributed by atoms with E-state index in [9.17, 15) is 4.79 Å². The molecule has 1 aromatic rings. The van der Waals surface area contributed by atoms with Gasteiger partial charge in [0.2, 0.25) is 0 Å². The van der Waals surface area contributed by atoms with Gasteiger partial charge in [0.15, 0.2) is 0 Å². The van der Waals surface area contributed by atoms with E-state index in [1.54, 1.807) is 27.3 Å². The maximum absolute atomic E-state index is 11.9. The molecule has 0 bridgehead atoms. The molecular formula is C12H19N3O4. The highest BCUT2D eigenvalue weighted by Crippen LogP contribution is 2.29. The summed E-state index contributed by atoms with van der Waals surface area (Å²) in [5.74, 6) is 0.246. The van der Waals surface area contributed by atoms with E-state index in [4.69, 9.17) is 19.9 Å². The SMILES string of the molecule is COC[C@H]1O[C@@H](n2cc(C)c(N)nc2=O)C[C@@H]1OC. The van der Waals surface area contributed by atoms with Crippen LogP contribution in [0.1, 0.15) is 18.2 Å². The average Bonchev–Trinajstić information content (AvgIpc) is 2.77. The highest BCUT2D eigenvalue weighted by molar-refractivity contribution is 5.35. The third kappa shape index (κ3) is 2.78. The Morgan fingerprint density at radius 3 is 2.95 bits per heavy atom. The van der Waals surface area contributed by atoms with Crippen LogP contribution in [0.5, 0.6) is 0 Å². The van der Waals surface area contributed by atoms with Gasteiger partial charge in [0.25, 0.3) is 0 Å². The number of aromatic nitrogens is 2. The minimum Gasteiger partial charge on any atom is -0.383 e. The van der Waals surface area contributed by atoms with Gasteiger partial charge in [-0.25, -0.2) is 4.79 Å². The van der Waals surface area contributed by atoms with Crippen molar-refractivity contribution in [3.8, 4) is 0 Å². The van der Waals surface area contributed by atoms with Gasteiger partial charge >= 0.3 is 5.69 Å². The lowest BCUT2D eigenvalue weighted by molar-refractivity contribution is -0.0618. The summed E-state index contributed by atoms with van der Waals surface area (Å²) in [6, 6.07) is 0. The van der Waals surface area contributed by atoms with Gasteiger partial charge in [0.1, 0.15) is 18.1 Å². The smallest absolute Gasteiger partial charge is 0.351 e. The van der Waals surface area contributed by atoms with E-state index in [2.05, 4.69) is 4.98 Å². The van der Waals surface area contributed by atoms with Crippen molar-refractivity contribution in [3.63, 3.8) is 0 Å². The van der Waals surface area contributed by atoms with Crippen LogP contribution in [0.3, 0.4) is 0 Å². The standard InChI is InChI=1S/C12H19N3O4/c1-7-5-15(12(16)14-11(7)13)10-4-8(18-3)9(19-10)6-17-2/h5,8-10H,4,6H2,1-3H3,(H2,13,14,16)/t8-,9+,10+/m0/s1. The van der Waals surface area contributed by atoms with E-state index in [-0.39, 0.29) is 18.0 Å². The van der Waals surface area contributed by atoms with E-state index in [0.29, 0.717) is 13.0 Å². The zero-order valence-electron chi connectivity index (χ0n) is 11.3. The Morgan fingerprint density at radius 1 is 1.58 bits per heavy atom. The minimum atomic E-state index is -0.416. The van der Waals surface area contributed by atoms with Crippen molar-refractivity contribution in [2.24, 2.45) is 0 Å². The van der Waals surface area contributed by atoms with Gasteiger partial charge in [-0.05, 0) is 6.92 Å². The van der Waals surface area contributed by atoms with Crippen LogP contribution in [0.2, 0.25) is 0 Å². The normalized spacial score (nSPS) is 26.8. The summed E-state index contributed by atoms with van der Waals surface area (Å²) in [7, 11) is 3.22. The van der Waals surface area contributed by atoms with Crippen molar-refractivity contribution in [1.82, 2.24) is 9.55 Å². The third-order valence-electron chi connectivity index (χ3n) is 3.30. The van der Waals surface area contributed by atoms with Crippen molar-refractivity contribution in [1.29, 1.82) is 0 Å². The van der Waals surface area contributed by atoms with Gasteiger partial charge in [-0.2, -0.15) is 4.98 Å². The van der Waals surface area contributed by atoms with E-state index < -0.39 is 11.9 Å². The van der Waals surface area contributed by atoms with Crippen LogP contribution in [0, 0.1) is 6.92 Å². The number of aryl methyl sites for hydroxylation is 1. The highest BCUT2D eigenvalue weighted by Gasteiger charge is 2.36. The quantitative estimate of drug-likeness (QED) is 0.833. The van der Waals surface area contributed by atoms with Crippen LogP contribution in [0.4, 0.5) is 5.82 Å². The fourth-order valence-corrected chi connectivity index (χ4v) is 2.22. The van der Waals surface area contributed by atoms with Crippen LogP contribution < -0.4 is 11.4 Å². The Kier molecular flexibility index (Phi) is 4.18. The first-order valence-electron chi connectivity index (χ1n) is 6.09. The fourth-order valence-electron chi connectivity index (χ4n) is 2.22. The first-order valence-corrected chi connectivity index (χ1v) is 6.09. The van der Waals surface area contributed by atoms with E-state index in [1.165, 1.54) is 4.57 Å². The van der Waals surface area contributed by atoms with E-state index in [0.717, 1.165) is 5.56 Å². The van der Waals surface area contributed by atoms with Gasteiger partial charge in [-0.3, -0.25) is 4.57 Å². The minimum absolute atomic E-state index is 0.102. The van der Waals surface area contributed by atoms with Crippen molar-refractivity contribution >= 4 is 5.82 Å². The molecule has 1 aromatic heterocycles. The maximum atomic E-state index is 11.9. The zero-order chi connectivity index (χ0) is 14.0. The monoisotopic (exact) mass is 269 g/mol. The predicted molar refractivity (Wildman–Crippen MR) is 68.8 cm³/mol. The molecule has 2 rings (SSSR count). The van der Waals surface area contributed by atoms with Gasteiger partial charge in [0, 0.05) is 32.4 Å². The maximum Gasteiger partial charge on any atom is 0.351 e. The van der Waals surface area contributed by atoms with Gasteiger partial charge < -0.3 is 19.9 Å². The Hall–Kier alpha value is -1.44. The van der Waals surface area contributed by atoms with Crippen LogP contribution >= 0.6 is 0 Å². The molecule has 1 saturated heterocycles. The summed E-state index contributed by atoms with van der Waals surface area (Å²) in [5.41, 5.74) is 5.93. The molecule has 0 saturated carbocycles. The lowest BCUT2D eigenvalue weighted by Gasteiger charge is -2.16. The molecule has 0 amide bonds. The number of rotatable bonds is 4. The third-order valence-corrected chi connectivity index (χ3v) is 3.30. The first kappa shape index (κ1) is 14.0. The Bertz CT molecular complexity index is 502. The predicted octanol–water partition coefficient (Wildman–Crippen LogP) is 0.0828. The molecule has 1 aliphatic heterocycles. The second kappa shape index (κ2) is 5.68. The molecular weight excluding hydrogens is 250 g/mol. The average molecular weight is 269 g/mol. The Balaban J connectivity index is 2.24. The lowest BCUT2D eigenvalue weighted by atomic mass is 10.2. The van der Waals surface area contributed by atoms with Gasteiger partial charge in [-0.1, -0.05) is 0 Å². The number of anilines is 1. The second-order valence-electron chi connectivity index (χ2n) is 4.59. The summed E-state index contributed by atoms with van der Waals surface area (Å²) in [6.07, 6.45) is 1.55. The van der Waals surface area contributed by atoms with E-state index in [1.807, 2.05) is 0 Å². The highest BCUT2D eigenvalue weighted by atomic mass is 16.6. The van der Waals surface area contributed by atoms with Crippen LogP contribution in [0.15, 0.2) is 11.0 Å². The Morgan fingerprint density at radius 2 is 2.32 bits per heavy atom. The number of methoxy groups -OCH3 is 2.